The summed E-state index contributed by atoms with van der Waals surface area (Å²) in [5, 5.41) is 6.71. The SMILES string of the molecule is Nc1cc(C2=CC=CC2)[nH]n1. The monoisotopic (exact) mass is 147 g/mol. The van der Waals surface area contributed by atoms with Crippen molar-refractivity contribution in [2.24, 2.45) is 0 Å². The molecule has 56 valence electrons. The van der Waals surface area contributed by atoms with E-state index in [2.05, 4.69) is 22.3 Å². The van der Waals surface area contributed by atoms with Crippen molar-refractivity contribution in [2.75, 3.05) is 5.73 Å². The van der Waals surface area contributed by atoms with Crippen molar-refractivity contribution in [3.8, 4) is 0 Å². The van der Waals surface area contributed by atoms with Gasteiger partial charge in [-0.3, -0.25) is 5.10 Å². The van der Waals surface area contributed by atoms with Gasteiger partial charge in [0.2, 0.25) is 0 Å². The maximum Gasteiger partial charge on any atom is 0.145 e. The molecule has 3 heteroatoms. The second-order valence-corrected chi connectivity index (χ2v) is 2.53. The maximum absolute atomic E-state index is 5.46. The zero-order chi connectivity index (χ0) is 7.68. The molecule has 0 saturated heterocycles. The summed E-state index contributed by atoms with van der Waals surface area (Å²) in [4.78, 5) is 0. The van der Waals surface area contributed by atoms with Gasteiger partial charge in [-0.1, -0.05) is 18.2 Å². The molecule has 0 aromatic carbocycles. The molecule has 1 heterocycles. The van der Waals surface area contributed by atoms with Crippen molar-refractivity contribution in [3.63, 3.8) is 0 Å². The molecule has 1 aromatic heterocycles. The Hall–Kier alpha value is -1.51. The predicted molar refractivity (Wildman–Crippen MR) is 44.7 cm³/mol. The highest BCUT2D eigenvalue weighted by Crippen LogP contribution is 2.21. The Morgan fingerprint density at radius 3 is 3.00 bits per heavy atom. The van der Waals surface area contributed by atoms with Crippen LogP contribution in [0.25, 0.3) is 5.57 Å². The number of nitrogens with one attached hydrogen (secondary N) is 1. The van der Waals surface area contributed by atoms with Gasteiger partial charge >= 0.3 is 0 Å². The van der Waals surface area contributed by atoms with Crippen molar-refractivity contribution in [2.45, 2.75) is 6.42 Å². The van der Waals surface area contributed by atoms with E-state index in [1.54, 1.807) is 0 Å². The van der Waals surface area contributed by atoms with E-state index < -0.39 is 0 Å². The lowest BCUT2D eigenvalue weighted by atomic mass is 10.2. The fraction of sp³-hybridized carbons (Fsp3) is 0.125. The van der Waals surface area contributed by atoms with Crippen LogP contribution < -0.4 is 5.73 Å². The van der Waals surface area contributed by atoms with E-state index in [4.69, 9.17) is 5.73 Å². The molecule has 0 saturated carbocycles. The van der Waals surface area contributed by atoms with Gasteiger partial charge in [0.1, 0.15) is 5.82 Å². The maximum atomic E-state index is 5.46. The van der Waals surface area contributed by atoms with Crippen LogP contribution in [0.3, 0.4) is 0 Å². The number of aromatic amines is 1. The van der Waals surface area contributed by atoms with Crippen molar-refractivity contribution in [1.82, 2.24) is 10.2 Å². The Bertz CT molecular complexity index is 320. The molecule has 0 bridgehead atoms. The minimum absolute atomic E-state index is 0.549. The van der Waals surface area contributed by atoms with Gasteiger partial charge in [-0.25, -0.2) is 0 Å². The van der Waals surface area contributed by atoms with Crippen LogP contribution in [-0.4, -0.2) is 10.2 Å². The molecular weight excluding hydrogens is 138 g/mol. The van der Waals surface area contributed by atoms with Gasteiger partial charge < -0.3 is 5.73 Å². The highest BCUT2D eigenvalue weighted by atomic mass is 15.2. The number of aromatic nitrogens is 2. The van der Waals surface area contributed by atoms with Crippen LogP contribution in [0, 0.1) is 0 Å². The third-order valence-electron chi connectivity index (χ3n) is 1.71. The molecule has 1 aliphatic carbocycles. The number of nitrogens with two attached hydrogens (primary N) is 1. The van der Waals surface area contributed by atoms with Gasteiger partial charge in [0, 0.05) is 6.07 Å². The Kier molecular flexibility index (Phi) is 1.28. The first-order valence-corrected chi connectivity index (χ1v) is 3.53. The molecule has 11 heavy (non-hydrogen) atoms. The Morgan fingerprint density at radius 2 is 2.45 bits per heavy atom. The average Bonchev–Trinajstić information content (AvgIpc) is 2.55. The lowest BCUT2D eigenvalue weighted by molar-refractivity contribution is 1.07. The Morgan fingerprint density at radius 1 is 1.55 bits per heavy atom. The molecular formula is C8H9N3. The van der Waals surface area contributed by atoms with E-state index >= 15 is 0 Å². The normalized spacial score (nSPS) is 15.5. The van der Waals surface area contributed by atoms with E-state index in [0.717, 1.165) is 12.1 Å². The zero-order valence-electron chi connectivity index (χ0n) is 6.04. The summed E-state index contributed by atoms with van der Waals surface area (Å²) in [5.74, 6) is 0.549. The lowest BCUT2D eigenvalue weighted by Gasteiger charge is -1.93. The molecule has 0 amide bonds. The first kappa shape index (κ1) is 6.22. The first-order valence-electron chi connectivity index (χ1n) is 3.53. The fourth-order valence-electron chi connectivity index (χ4n) is 1.15. The van der Waals surface area contributed by atoms with E-state index in [1.165, 1.54) is 5.57 Å². The van der Waals surface area contributed by atoms with Crippen molar-refractivity contribution >= 4 is 11.4 Å². The van der Waals surface area contributed by atoms with E-state index in [0.29, 0.717) is 5.82 Å². The third-order valence-corrected chi connectivity index (χ3v) is 1.71. The van der Waals surface area contributed by atoms with Crippen molar-refractivity contribution in [3.05, 3.63) is 30.0 Å². The molecule has 2 rings (SSSR count). The van der Waals surface area contributed by atoms with Crippen LogP contribution in [0.15, 0.2) is 24.3 Å². The lowest BCUT2D eigenvalue weighted by Crippen LogP contribution is -1.81. The topological polar surface area (TPSA) is 54.7 Å². The van der Waals surface area contributed by atoms with Crippen LogP contribution in [0.1, 0.15) is 12.1 Å². The second-order valence-electron chi connectivity index (χ2n) is 2.53. The minimum Gasteiger partial charge on any atom is -0.382 e. The molecule has 0 radical (unpaired) electrons. The number of nitrogens with zero attached hydrogens (tertiary/aromatic N) is 1. The molecule has 0 spiro atoms. The van der Waals surface area contributed by atoms with Gasteiger partial charge in [-0.05, 0) is 12.0 Å². The number of rotatable bonds is 1. The van der Waals surface area contributed by atoms with Gasteiger partial charge in [0.25, 0.3) is 0 Å². The number of hydrogen-bond donors (Lipinski definition) is 2. The predicted octanol–water partition coefficient (Wildman–Crippen LogP) is 1.34. The summed E-state index contributed by atoms with van der Waals surface area (Å²) in [6, 6.07) is 1.85. The number of anilines is 1. The standard InChI is InChI=1S/C8H9N3/c9-8-5-7(10-11-8)6-3-1-2-4-6/h1-3,5H,4H2,(H3,9,10,11). The quantitative estimate of drug-likeness (QED) is 0.629. The van der Waals surface area contributed by atoms with E-state index in [9.17, 15) is 0 Å². The highest BCUT2D eigenvalue weighted by Gasteiger charge is 2.04. The van der Waals surface area contributed by atoms with Gasteiger partial charge in [0.05, 0.1) is 5.69 Å². The van der Waals surface area contributed by atoms with E-state index in [-0.39, 0.29) is 0 Å². The summed E-state index contributed by atoms with van der Waals surface area (Å²) >= 11 is 0. The summed E-state index contributed by atoms with van der Waals surface area (Å²) in [7, 11) is 0. The number of hydrogen-bond acceptors (Lipinski definition) is 2. The van der Waals surface area contributed by atoms with Crippen molar-refractivity contribution in [1.29, 1.82) is 0 Å². The first-order chi connectivity index (χ1) is 5.36. The molecule has 1 aromatic rings. The van der Waals surface area contributed by atoms with Gasteiger partial charge in [0.15, 0.2) is 0 Å². The summed E-state index contributed by atoms with van der Waals surface area (Å²) in [6.45, 7) is 0. The summed E-state index contributed by atoms with van der Waals surface area (Å²) in [5.41, 5.74) is 7.72. The highest BCUT2D eigenvalue weighted by molar-refractivity contribution is 5.69. The average molecular weight is 147 g/mol. The van der Waals surface area contributed by atoms with Crippen LogP contribution in [0.4, 0.5) is 5.82 Å². The molecule has 0 fully saturated rings. The van der Waals surface area contributed by atoms with Crippen molar-refractivity contribution < 1.29 is 0 Å². The molecule has 3 nitrogen and oxygen atoms in total. The third kappa shape index (κ3) is 1.05. The smallest absolute Gasteiger partial charge is 0.145 e. The number of H-pyrrole nitrogens is 1. The minimum atomic E-state index is 0.549. The zero-order valence-corrected chi connectivity index (χ0v) is 6.04. The van der Waals surface area contributed by atoms with Crippen LogP contribution in [0.5, 0.6) is 0 Å². The van der Waals surface area contributed by atoms with Gasteiger partial charge in [-0.2, -0.15) is 5.10 Å². The molecule has 0 unspecified atom stereocenters. The summed E-state index contributed by atoms with van der Waals surface area (Å²) < 4.78 is 0. The fourth-order valence-corrected chi connectivity index (χ4v) is 1.15. The number of nitrogen functional groups attached to an aromatic ring is 1. The molecule has 0 aliphatic heterocycles. The van der Waals surface area contributed by atoms with Crippen LogP contribution in [-0.2, 0) is 0 Å². The second kappa shape index (κ2) is 2.27. The Labute approximate surface area is 64.6 Å². The number of allylic oxidation sites excluding steroid dienone is 4. The largest absolute Gasteiger partial charge is 0.382 e. The molecule has 3 N–H and O–H groups in total. The molecule has 0 atom stereocenters. The Balaban J connectivity index is 2.30. The van der Waals surface area contributed by atoms with E-state index in [1.807, 2.05) is 12.1 Å². The molecule has 1 aliphatic rings. The van der Waals surface area contributed by atoms with Crippen LogP contribution >= 0.6 is 0 Å². The summed E-state index contributed by atoms with van der Waals surface area (Å²) in [6.07, 6.45) is 7.17. The van der Waals surface area contributed by atoms with Crippen LogP contribution in [0.2, 0.25) is 0 Å². The van der Waals surface area contributed by atoms with Gasteiger partial charge in [-0.15, -0.1) is 0 Å².